The Morgan fingerprint density at radius 2 is 2.00 bits per heavy atom. The van der Waals surface area contributed by atoms with Gasteiger partial charge in [-0.2, -0.15) is 0 Å². The number of hydrogen-bond donors (Lipinski definition) is 2. The van der Waals surface area contributed by atoms with Crippen molar-refractivity contribution in [2.24, 2.45) is 11.5 Å². The molecule has 0 fully saturated rings. The van der Waals surface area contributed by atoms with Gasteiger partial charge in [0.05, 0.1) is 10.0 Å². The van der Waals surface area contributed by atoms with Gasteiger partial charge in [0, 0.05) is 12.6 Å². The molecule has 0 aliphatic carbocycles. The fourth-order valence-corrected chi connectivity index (χ4v) is 1.44. The van der Waals surface area contributed by atoms with Crippen LogP contribution in [0.25, 0.3) is 0 Å². The first-order valence-electron chi connectivity index (χ1n) is 3.66. The molecule has 0 heterocycles. The fraction of sp³-hybridized carbons (Fsp3) is 0.250. The molecule has 0 amide bonds. The number of rotatable bonds is 2. The number of benzene rings is 1. The van der Waals surface area contributed by atoms with Gasteiger partial charge in [0.2, 0.25) is 0 Å². The summed E-state index contributed by atoms with van der Waals surface area (Å²) in [6.07, 6.45) is 0. The molecule has 1 rings (SSSR count). The summed E-state index contributed by atoms with van der Waals surface area (Å²) in [5.74, 6) is -0.465. The van der Waals surface area contributed by atoms with Crippen LogP contribution in [0.2, 0.25) is 10.0 Å². The molecule has 2 nitrogen and oxygen atoms in total. The van der Waals surface area contributed by atoms with Crippen molar-refractivity contribution in [1.29, 1.82) is 0 Å². The monoisotopic (exact) mass is 222 g/mol. The first-order chi connectivity index (χ1) is 6.06. The van der Waals surface area contributed by atoms with E-state index in [9.17, 15) is 4.39 Å². The third-order valence-electron chi connectivity index (χ3n) is 1.67. The van der Waals surface area contributed by atoms with Crippen molar-refractivity contribution < 1.29 is 4.39 Å². The Morgan fingerprint density at radius 3 is 2.54 bits per heavy atom. The Kier molecular flexibility index (Phi) is 3.50. The van der Waals surface area contributed by atoms with Gasteiger partial charge in [-0.05, 0) is 17.7 Å². The molecule has 4 N–H and O–H groups in total. The maximum Gasteiger partial charge on any atom is 0.125 e. The van der Waals surface area contributed by atoms with Crippen LogP contribution in [0, 0.1) is 5.82 Å². The van der Waals surface area contributed by atoms with Gasteiger partial charge in [-0.3, -0.25) is 0 Å². The second-order valence-electron chi connectivity index (χ2n) is 2.63. The quantitative estimate of drug-likeness (QED) is 0.754. The van der Waals surface area contributed by atoms with Crippen LogP contribution in [0.1, 0.15) is 11.6 Å². The minimum atomic E-state index is -0.485. The van der Waals surface area contributed by atoms with E-state index in [1.54, 1.807) is 0 Å². The lowest BCUT2D eigenvalue weighted by atomic mass is 10.1. The molecule has 0 bridgehead atoms. The van der Waals surface area contributed by atoms with E-state index in [1.807, 2.05) is 0 Å². The Balaban J connectivity index is 3.20. The zero-order chi connectivity index (χ0) is 10.0. The summed E-state index contributed by atoms with van der Waals surface area (Å²) in [5.41, 5.74) is 11.4. The van der Waals surface area contributed by atoms with E-state index in [0.29, 0.717) is 5.56 Å². The lowest BCUT2D eigenvalue weighted by Crippen LogP contribution is -2.21. The van der Waals surface area contributed by atoms with Gasteiger partial charge in [0.25, 0.3) is 0 Å². The molecule has 0 aliphatic rings. The number of nitrogens with two attached hydrogens (primary N) is 2. The Morgan fingerprint density at radius 1 is 1.38 bits per heavy atom. The maximum atomic E-state index is 12.9. The molecule has 0 unspecified atom stereocenters. The topological polar surface area (TPSA) is 52.0 Å². The van der Waals surface area contributed by atoms with Crippen LogP contribution >= 0.6 is 23.2 Å². The van der Waals surface area contributed by atoms with Crippen molar-refractivity contribution in [1.82, 2.24) is 0 Å². The standard InChI is InChI=1S/C8H9Cl2FN2/c9-6-2-4(11)1-5(8(6)10)7(13)3-12/h1-2,7H,3,12-13H2/t7-/m1/s1. The minimum absolute atomic E-state index is 0.153. The second kappa shape index (κ2) is 4.24. The van der Waals surface area contributed by atoms with Crippen LogP contribution in [0.4, 0.5) is 4.39 Å². The van der Waals surface area contributed by atoms with E-state index in [4.69, 9.17) is 34.7 Å². The van der Waals surface area contributed by atoms with Gasteiger partial charge in [-0.15, -0.1) is 0 Å². The Hall–Kier alpha value is -0.350. The van der Waals surface area contributed by atoms with Gasteiger partial charge in [-0.25, -0.2) is 4.39 Å². The van der Waals surface area contributed by atoms with Gasteiger partial charge < -0.3 is 11.5 Å². The average Bonchev–Trinajstić information content (AvgIpc) is 2.10. The molecule has 0 spiro atoms. The lowest BCUT2D eigenvalue weighted by molar-refractivity contribution is 0.620. The van der Waals surface area contributed by atoms with E-state index in [-0.39, 0.29) is 16.6 Å². The zero-order valence-electron chi connectivity index (χ0n) is 6.73. The molecule has 1 aromatic carbocycles. The lowest BCUT2D eigenvalue weighted by Gasteiger charge is -2.12. The highest BCUT2D eigenvalue weighted by Gasteiger charge is 2.12. The molecular formula is C8H9Cl2FN2. The first kappa shape index (κ1) is 10.7. The predicted molar refractivity (Wildman–Crippen MR) is 52.4 cm³/mol. The highest BCUT2D eigenvalue weighted by molar-refractivity contribution is 6.42. The molecule has 1 atom stereocenters. The van der Waals surface area contributed by atoms with Crippen molar-refractivity contribution in [2.75, 3.05) is 6.54 Å². The summed E-state index contributed by atoms with van der Waals surface area (Å²) in [5, 5.41) is 0.418. The molecule has 5 heteroatoms. The van der Waals surface area contributed by atoms with Crippen LogP contribution in [0.5, 0.6) is 0 Å². The van der Waals surface area contributed by atoms with E-state index in [2.05, 4.69) is 0 Å². The normalized spacial score (nSPS) is 13.0. The molecule has 13 heavy (non-hydrogen) atoms. The predicted octanol–water partition coefficient (Wildman–Crippen LogP) is 2.09. The van der Waals surface area contributed by atoms with E-state index >= 15 is 0 Å². The summed E-state index contributed by atoms with van der Waals surface area (Å²) < 4.78 is 12.9. The third kappa shape index (κ3) is 2.31. The van der Waals surface area contributed by atoms with Crippen LogP contribution in [-0.2, 0) is 0 Å². The van der Waals surface area contributed by atoms with E-state index < -0.39 is 11.9 Å². The summed E-state index contributed by atoms with van der Waals surface area (Å²) in [6, 6.07) is 1.89. The smallest absolute Gasteiger partial charge is 0.125 e. The highest BCUT2D eigenvalue weighted by atomic mass is 35.5. The first-order valence-corrected chi connectivity index (χ1v) is 4.42. The average molecular weight is 223 g/mol. The summed E-state index contributed by atoms with van der Waals surface area (Å²) in [7, 11) is 0. The highest BCUT2D eigenvalue weighted by Crippen LogP contribution is 2.29. The van der Waals surface area contributed by atoms with E-state index in [1.165, 1.54) is 6.07 Å². The summed E-state index contributed by atoms with van der Waals surface area (Å²) in [4.78, 5) is 0. The van der Waals surface area contributed by atoms with Crippen LogP contribution in [0.15, 0.2) is 12.1 Å². The SMILES string of the molecule is NC[C@@H](N)c1cc(F)cc(Cl)c1Cl. The van der Waals surface area contributed by atoms with Gasteiger partial charge in [0.1, 0.15) is 5.82 Å². The fourth-order valence-electron chi connectivity index (χ4n) is 0.973. The van der Waals surface area contributed by atoms with Crippen molar-refractivity contribution in [3.63, 3.8) is 0 Å². The molecule has 0 saturated heterocycles. The molecule has 0 aromatic heterocycles. The second-order valence-corrected chi connectivity index (χ2v) is 3.42. The van der Waals surface area contributed by atoms with Crippen molar-refractivity contribution in [3.8, 4) is 0 Å². The van der Waals surface area contributed by atoms with Gasteiger partial charge in [-0.1, -0.05) is 23.2 Å². The number of hydrogen-bond acceptors (Lipinski definition) is 2. The zero-order valence-corrected chi connectivity index (χ0v) is 8.24. The Bertz CT molecular complexity index is 317. The van der Waals surface area contributed by atoms with E-state index in [0.717, 1.165) is 6.07 Å². The molecule has 0 saturated carbocycles. The molecule has 1 aromatic rings. The molecule has 0 radical (unpaired) electrons. The summed E-state index contributed by atoms with van der Waals surface area (Å²) in [6.45, 7) is 0.194. The Labute approximate surface area is 85.6 Å². The largest absolute Gasteiger partial charge is 0.329 e. The van der Waals surface area contributed by atoms with Crippen molar-refractivity contribution in [2.45, 2.75) is 6.04 Å². The molecule has 0 aliphatic heterocycles. The van der Waals surface area contributed by atoms with Gasteiger partial charge >= 0.3 is 0 Å². The van der Waals surface area contributed by atoms with Crippen LogP contribution in [-0.4, -0.2) is 6.54 Å². The van der Waals surface area contributed by atoms with Crippen LogP contribution < -0.4 is 11.5 Å². The number of halogens is 3. The minimum Gasteiger partial charge on any atom is -0.329 e. The van der Waals surface area contributed by atoms with Gasteiger partial charge in [0.15, 0.2) is 0 Å². The van der Waals surface area contributed by atoms with Crippen molar-refractivity contribution >= 4 is 23.2 Å². The third-order valence-corrected chi connectivity index (χ3v) is 2.49. The van der Waals surface area contributed by atoms with Crippen molar-refractivity contribution in [3.05, 3.63) is 33.6 Å². The maximum absolute atomic E-state index is 12.9. The van der Waals surface area contributed by atoms with Crippen LogP contribution in [0.3, 0.4) is 0 Å². The summed E-state index contributed by atoms with van der Waals surface area (Å²) >= 11 is 11.5. The molecule has 72 valence electrons. The molecular weight excluding hydrogens is 214 g/mol.